The fourth-order valence-corrected chi connectivity index (χ4v) is 3.91. The predicted octanol–water partition coefficient (Wildman–Crippen LogP) is 3.55. The Morgan fingerprint density at radius 1 is 1.41 bits per heavy atom. The molecule has 0 spiro atoms. The van der Waals surface area contributed by atoms with Crippen molar-refractivity contribution in [2.24, 2.45) is 0 Å². The van der Waals surface area contributed by atoms with Crippen LogP contribution in [-0.2, 0) is 5.60 Å². The Morgan fingerprint density at radius 3 is 2.71 bits per heavy atom. The molecule has 2 unspecified atom stereocenters. The Balaban J connectivity index is 2.52. The third kappa shape index (κ3) is 2.23. The summed E-state index contributed by atoms with van der Waals surface area (Å²) < 4.78 is 14.1. The van der Waals surface area contributed by atoms with Gasteiger partial charge in [0.2, 0.25) is 0 Å². The Kier molecular flexibility index (Phi) is 3.50. The molecule has 1 N–H and O–H groups in total. The summed E-state index contributed by atoms with van der Waals surface area (Å²) in [7, 11) is 0. The Bertz CT molecular complexity index is 409. The number of halogens is 1. The van der Waals surface area contributed by atoms with Crippen molar-refractivity contribution in [1.29, 1.82) is 0 Å². The van der Waals surface area contributed by atoms with Crippen LogP contribution in [0.4, 0.5) is 4.39 Å². The second kappa shape index (κ2) is 4.62. The molecule has 1 aromatic carbocycles. The van der Waals surface area contributed by atoms with Gasteiger partial charge in [-0.15, -0.1) is 0 Å². The van der Waals surface area contributed by atoms with Crippen molar-refractivity contribution >= 4 is 11.8 Å². The van der Waals surface area contributed by atoms with Gasteiger partial charge in [-0.2, -0.15) is 11.8 Å². The minimum Gasteiger partial charge on any atom is -0.384 e. The molecule has 1 aliphatic rings. The average Bonchev–Trinajstić information content (AvgIpc) is 2.21. The first kappa shape index (κ1) is 12.9. The van der Waals surface area contributed by atoms with Crippen LogP contribution in [0.1, 0.15) is 36.5 Å². The average molecular weight is 254 g/mol. The van der Waals surface area contributed by atoms with E-state index < -0.39 is 5.60 Å². The maximum absolute atomic E-state index is 14.1. The molecule has 1 aromatic rings. The molecule has 3 heteroatoms. The van der Waals surface area contributed by atoms with E-state index in [1.165, 1.54) is 6.07 Å². The van der Waals surface area contributed by atoms with Gasteiger partial charge < -0.3 is 5.11 Å². The second-order valence-electron chi connectivity index (χ2n) is 4.98. The molecule has 2 rings (SSSR count). The van der Waals surface area contributed by atoms with Gasteiger partial charge in [-0.1, -0.05) is 13.0 Å². The number of rotatable bonds is 1. The monoisotopic (exact) mass is 254 g/mol. The van der Waals surface area contributed by atoms with Crippen molar-refractivity contribution < 1.29 is 9.50 Å². The lowest BCUT2D eigenvalue weighted by Gasteiger charge is -2.39. The van der Waals surface area contributed by atoms with Crippen molar-refractivity contribution in [3.05, 3.63) is 34.6 Å². The largest absolute Gasteiger partial charge is 0.384 e. The molecule has 0 saturated carbocycles. The van der Waals surface area contributed by atoms with Gasteiger partial charge in [-0.25, -0.2) is 4.39 Å². The van der Waals surface area contributed by atoms with Gasteiger partial charge >= 0.3 is 0 Å². The summed E-state index contributed by atoms with van der Waals surface area (Å²) in [5.41, 5.74) is 1.26. The number of benzene rings is 1. The highest BCUT2D eigenvalue weighted by molar-refractivity contribution is 8.00. The first-order valence-corrected chi connectivity index (χ1v) is 7.11. The van der Waals surface area contributed by atoms with Gasteiger partial charge in [0.05, 0.1) is 0 Å². The zero-order valence-corrected chi connectivity index (χ0v) is 11.4. The normalized spacial score (nSPS) is 29.4. The fourth-order valence-electron chi connectivity index (χ4n) is 2.74. The molecule has 1 fully saturated rings. The smallest absolute Gasteiger partial charge is 0.129 e. The summed E-state index contributed by atoms with van der Waals surface area (Å²) in [6, 6.07) is 3.47. The van der Waals surface area contributed by atoms with Crippen molar-refractivity contribution in [1.82, 2.24) is 0 Å². The van der Waals surface area contributed by atoms with E-state index >= 15 is 0 Å². The summed E-state index contributed by atoms with van der Waals surface area (Å²) in [6.45, 7) is 5.75. The van der Waals surface area contributed by atoms with Gasteiger partial charge in [0.25, 0.3) is 0 Å². The molecule has 17 heavy (non-hydrogen) atoms. The summed E-state index contributed by atoms with van der Waals surface area (Å²) in [4.78, 5) is 0. The van der Waals surface area contributed by atoms with Crippen molar-refractivity contribution in [2.75, 3.05) is 5.75 Å². The number of aliphatic hydroxyl groups is 1. The summed E-state index contributed by atoms with van der Waals surface area (Å²) in [5.74, 6) is 0.787. The third-order valence-corrected chi connectivity index (χ3v) is 5.02. The quantitative estimate of drug-likeness (QED) is 0.827. The SMILES string of the molecule is Cc1cc(C)c(C2(O)CCCSC2C)c(F)c1. The molecule has 1 saturated heterocycles. The Labute approximate surface area is 106 Å². The minimum atomic E-state index is -1.01. The molecule has 0 aliphatic carbocycles. The highest BCUT2D eigenvalue weighted by atomic mass is 32.2. The number of hydrogen-bond donors (Lipinski definition) is 1. The molecule has 0 amide bonds. The van der Waals surface area contributed by atoms with Gasteiger partial charge in [-0.3, -0.25) is 0 Å². The number of aryl methyl sites for hydroxylation is 2. The van der Waals surface area contributed by atoms with Crippen molar-refractivity contribution in [3.8, 4) is 0 Å². The van der Waals surface area contributed by atoms with E-state index in [-0.39, 0.29) is 11.1 Å². The topological polar surface area (TPSA) is 20.2 Å². The molecule has 2 atom stereocenters. The maximum Gasteiger partial charge on any atom is 0.129 e. The van der Waals surface area contributed by atoms with Gasteiger partial charge in [0.15, 0.2) is 0 Å². The van der Waals surface area contributed by atoms with E-state index in [9.17, 15) is 9.50 Å². The van der Waals surface area contributed by atoms with Crippen LogP contribution in [0.15, 0.2) is 12.1 Å². The standard InChI is InChI=1S/C14H19FOS/c1-9-7-10(2)13(12(15)8-9)14(16)5-4-6-17-11(14)3/h7-8,11,16H,4-6H2,1-3H3. The lowest BCUT2D eigenvalue weighted by atomic mass is 9.82. The maximum atomic E-state index is 14.1. The number of thioether (sulfide) groups is 1. The molecular formula is C14H19FOS. The van der Waals surface area contributed by atoms with E-state index in [1.54, 1.807) is 11.8 Å². The first-order valence-electron chi connectivity index (χ1n) is 6.06. The van der Waals surface area contributed by atoms with E-state index in [4.69, 9.17) is 0 Å². The summed E-state index contributed by atoms with van der Waals surface area (Å²) in [5, 5.41) is 10.9. The highest BCUT2D eigenvalue weighted by Crippen LogP contribution is 2.43. The molecular weight excluding hydrogens is 235 g/mol. The highest BCUT2D eigenvalue weighted by Gasteiger charge is 2.41. The lowest BCUT2D eigenvalue weighted by Crippen LogP contribution is -2.40. The van der Waals surface area contributed by atoms with Gasteiger partial charge in [-0.05, 0) is 49.6 Å². The van der Waals surface area contributed by atoms with Gasteiger partial charge in [0.1, 0.15) is 11.4 Å². The van der Waals surface area contributed by atoms with Gasteiger partial charge in [0, 0.05) is 10.8 Å². The molecule has 1 aliphatic heterocycles. The van der Waals surface area contributed by atoms with Crippen LogP contribution >= 0.6 is 11.8 Å². The molecule has 0 aromatic heterocycles. The van der Waals surface area contributed by atoms with E-state index in [2.05, 4.69) is 0 Å². The minimum absolute atomic E-state index is 0.0483. The first-order chi connectivity index (χ1) is 7.95. The number of hydrogen-bond acceptors (Lipinski definition) is 2. The molecule has 1 heterocycles. The van der Waals surface area contributed by atoms with Crippen molar-refractivity contribution in [2.45, 2.75) is 44.5 Å². The van der Waals surface area contributed by atoms with Crippen LogP contribution in [0.5, 0.6) is 0 Å². The van der Waals surface area contributed by atoms with Crippen LogP contribution in [0, 0.1) is 19.7 Å². The van der Waals surface area contributed by atoms with Crippen LogP contribution in [0.2, 0.25) is 0 Å². The fraction of sp³-hybridized carbons (Fsp3) is 0.571. The Hall–Kier alpha value is -0.540. The molecule has 0 radical (unpaired) electrons. The predicted molar refractivity (Wildman–Crippen MR) is 70.9 cm³/mol. The zero-order chi connectivity index (χ0) is 12.6. The van der Waals surface area contributed by atoms with Crippen LogP contribution in [0.3, 0.4) is 0 Å². The van der Waals surface area contributed by atoms with Crippen LogP contribution in [0.25, 0.3) is 0 Å². The van der Waals surface area contributed by atoms with Crippen molar-refractivity contribution in [3.63, 3.8) is 0 Å². The van der Waals surface area contributed by atoms with Crippen LogP contribution < -0.4 is 0 Å². The van der Waals surface area contributed by atoms with E-state index in [1.807, 2.05) is 26.8 Å². The van der Waals surface area contributed by atoms with E-state index in [0.29, 0.717) is 12.0 Å². The third-order valence-electron chi connectivity index (χ3n) is 3.61. The second-order valence-corrected chi connectivity index (χ2v) is 6.43. The molecule has 94 valence electrons. The summed E-state index contributed by atoms with van der Waals surface area (Å²) >= 11 is 1.72. The zero-order valence-electron chi connectivity index (χ0n) is 10.6. The van der Waals surface area contributed by atoms with E-state index in [0.717, 1.165) is 23.3 Å². The lowest BCUT2D eigenvalue weighted by molar-refractivity contribution is 0.0213. The summed E-state index contributed by atoms with van der Waals surface area (Å²) in [6.07, 6.45) is 1.60. The van der Waals surface area contributed by atoms with Crippen LogP contribution in [-0.4, -0.2) is 16.1 Å². The Morgan fingerprint density at radius 2 is 2.12 bits per heavy atom. The molecule has 0 bridgehead atoms. The molecule has 1 nitrogen and oxygen atoms in total.